The molecular weight excluding hydrogens is 282 g/mol. The number of nitrogens with zero attached hydrogens (tertiary/aromatic N) is 2. The van der Waals surface area contributed by atoms with Crippen LogP contribution in [-0.2, 0) is 0 Å². The number of fused-ring (bicyclic) bond motifs is 1. The molecule has 4 rings (SSSR count). The predicted molar refractivity (Wildman–Crippen MR) is 87.6 cm³/mol. The molecule has 0 atom stereocenters. The molecule has 0 saturated heterocycles. The molecule has 0 unspecified atom stereocenters. The highest BCUT2D eigenvalue weighted by Crippen LogP contribution is 2.43. The van der Waals surface area contributed by atoms with Crippen LogP contribution in [0.25, 0.3) is 22.4 Å². The second-order valence-corrected chi connectivity index (χ2v) is 6.12. The third-order valence-corrected chi connectivity index (χ3v) is 4.41. The summed E-state index contributed by atoms with van der Waals surface area (Å²) in [6.45, 7) is 2.02. The number of nitrogens with two attached hydrogens (primary N) is 1. The molecule has 1 aliphatic rings. The van der Waals surface area contributed by atoms with Crippen LogP contribution in [0.3, 0.4) is 0 Å². The topological polar surface area (TPSA) is 43.8 Å². The summed E-state index contributed by atoms with van der Waals surface area (Å²) in [5, 5.41) is 0.769. The molecule has 21 heavy (non-hydrogen) atoms. The largest absolute Gasteiger partial charge is 0.399 e. The number of para-hydroxylation sites is 1. The third-order valence-electron chi connectivity index (χ3n) is 4.10. The van der Waals surface area contributed by atoms with Crippen molar-refractivity contribution in [3.8, 4) is 11.4 Å². The zero-order valence-corrected chi connectivity index (χ0v) is 12.6. The molecule has 1 aromatic heterocycles. The highest BCUT2D eigenvalue weighted by Gasteiger charge is 2.29. The highest BCUT2D eigenvalue weighted by atomic mass is 35.5. The molecule has 2 aromatic carbocycles. The Balaban J connectivity index is 2.01. The van der Waals surface area contributed by atoms with Crippen LogP contribution in [0, 0.1) is 6.92 Å². The lowest BCUT2D eigenvalue weighted by Crippen LogP contribution is -1.98. The molecule has 1 aliphatic carbocycles. The van der Waals surface area contributed by atoms with Crippen LogP contribution in [-0.4, -0.2) is 9.55 Å². The number of benzene rings is 2. The molecule has 1 saturated carbocycles. The van der Waals surface area contributed by atoms with Gasteiger partial charge in [-0.1, -0.05) is 17.7 Å². The molecule has 1 fully saturated rings. The van der Waals surface area contributed by atoms with E-state index in [0.717, 1.165) is 38.7 Å². The van der Waals surface area contributed by atoms with Gasteiger partial charge in [0, 0.05) is 17.3 Å². The molecule has 1 heterocycles. The van der Waals surface area contributed by atoms with E-state index in [2.05, 4.69) is 10.6 Å². The first-order valence-corrected chi connectivity index (χ1v) is 7.56. The van der Waals surface area contributed by atoms with Crippen LogP contribution in [0.15, 0.2) is 36.4 Å². The van der Waals surface area contributed by atoms with Crippen LogP contribution < -0.4 is 5.73 Å². The molecule has 0 aliphatic heterocycles. The van der Waals surface area contributed by atoms with E-state index in [-0.39, 0.29) is 0 Å². The molecule has 2 N–H and O–H groups in total. The summed E-state index contributed by atoms with van der Waals surface area (Å²) in [5.74, 6) is 0.990. The van der Waals surface area contributed by atoms with E-state index < -0.39 is 0 Å². The summed E-state index contributed by atoms with van der Waals surface area (Å²) in [7, 11) is 0. The fourth-order valence-electron chi connectivity index (χ4n) is 2.81. The lowest BCUT2D eigenvalue weighted by Gasteiger charge is -2.10. The van der Waals surface area contributed by atoms with Crippen molar-refractivity contribution in [2.45, 2.75) is 25.8 Å². The SMILES string of the molecule is Cc1cc(-c2nc3cccc(Cl)c3n2C2CC2)ccc1N. The van der Waals surface area contributed by atoms with Gasteiger partial charge < -0.3 is 10.3 Å². The molecule has 4 heteroatoms. The molecular formula is C17H16ClN3. The van der Waals surface area contributed by atoms with Crippen molar-refractivity contribution in [3.05, 3.63) is 47.0 Å². The van der Waals surface area contributed by atoms with Crippen LogP contribution in [0.4, 0.5) is 5.69 Å². The van der Waals surface area contributed by atoms with E-state index in [9.17, 15) is 0 Å². The number of hydrogen-bond donors (Lipinski definition) is 1. The first kappa shape index (κ1) is 12.7. The predicted octanol–water partition coefficient (Wildman–Crippen LogP) is 4.58. The fourth-order valence-corrected chi connectivity index (χ4v) is 3.07. The number of anilines is 1. The van der Waals surface area contributed by atoms with Gasteiger partial charge in [0.15, 0.2) is 0 Å². The standard InChI is InChI=1S/C17H16ClN3/c1-10-9-11(5-8-14(10)19)17-20-15-4-2-3-13(18)16(15)21(17)12-6-7-12/h2-5,8-9,12H,6-7,19H2,1H3. The Labute approximate surface area is 128 Å². The lowest BCUT2D eigenvalue weighted by molar-refractivity contribution is 0.775. The van der Waals surface area contributed by atoms with Gasteiger partial charge in [0.25, 0.3) is 0 Å². The van der Waals surface area contributed by atoms with Gasteiger partial charge >= 0.3 is 0 Å². The first-order chi connectivity index (χ1) is 10.1. The van der Waals surface area contributed by atoms with E-state index in [4.69, 9.17) is 22.3 Å². The normalized spacial score (nSPS) is 14.8. The monoisotopic (exact) mass is 297 g/mol. The second-order valence-electron chi connectivity index (χ2n) is 5.72. The Morgan fingerprint density at radius 3 is 2.76 bits per heavy atom. The van der Waals surface area contributed by atoms with Crippen molar-refractivity contribution >= 4 is 28.3 Å². The van der Waals surface area contributed by atoms with E-state index in [0.29, 0.717) is 6.04 Å². The minimum atomic E-state index is 0.516. The van der Waals surface area contributed by atoms with Gasteiger partial charge in [0.2, 0.25) is 0 Å². The molecule has 3 aromatic rings. The first-order valence-electron chi connectivity index (χ1n) is 7.18. The Hall–Kier alpha value is -2.00. The Kier molecular flexibility index (Phi) is 2.73. The van der Waals surface area contributed by atoms with Crippen molar-refractivity contribution in [3.63, 3.8) is 0 Å². The van der Waals surface area contributed by atoms with Gasteiger partial charge in [-0.2, -0.15) is 0 Å². The molecule has 0 spiro atoms. The number of halogens is 1. The van der Waals surface area contributed by atoms with E-state index >= 15 is 0 Å². The smallest absolute Gasteiger partial charge is 0.141 e. The minimum Gasteiger partial charge on any atom is -0.399 e. The maximum atomic E-state index is 6.41. The van der Waals surface area contributed by atoms with E-state index in [1.165, 1.54) is 12.8 Å². The van der Waals surface area contributed by atoms with Crippen molar-refractivity contribution in [2.24, 2.45) is 0 Å². The Bertz CT molecular complexity index is 847. The maximum Gasteiger partial charge on any atom is 0.141 e. The van der Waals surface area contributed by atoms with Crippen molar-refractivity contribution in [2.75, 3.05) is 5.73 Å². The number of imidazole rings is 1. The number of aryl methyl sites for hydroxylation is 1. The summed E-state index contributed by atoms with van der Waals surface area (Å²) >= 11 is 6.41. The van der Waals surface area contributed by atoms with Gasteiger partial charge in [-0.05, 0) is 55.7 Å². The summed E-state index contributed by atoms with van der Waals surface area (Å²) in [6.07, 6.45) is 2.38. The third kappa shape index (κ3) is 2.00. The molecule has 3 nitrogen and oxygen atoms in total. The quantitative estimate of drug-likeness (QED) is 0.703. The van der Waals surface area contributed by atoms with Crippen LogP contribution >= 0.6 is 11.6 Å². The van der Waals surface area contributed by atoms with Gasteiger partial charge in [0.1, 0.15) is 5.82 Å². The molecule has 0 amide bonds. The van der Waals surface area contributed by atoms with Crippen molar-refractivity contribution < 1.29 is 0 Å². The van der Waals surface area contributed by atoms with Gasteiger partial charge in [-0.3, -0.25) is 0 Å². The van der Waals surface area contributed by atoms with Gasteiger partial charge in [0.05, 0.1) is 16.1 Å². The average molecular weight is 298 g/mol. The highest BCUT2D eigenvalue weighted by molar-refractivity contribution is 6.35. The molecule has 106 valence electrons. The van der Waals surface area contributed by atoms with Crippen LogP contribution in [0.1, 0.15) is 24.4 Å². The number of nitrogen functional groups attached to an aromatic ring is 1. The molecule has 0 bridgehead atoms. The summed E-state index contributed by atoms with van der Waals surface area (Å²) in [4.78, 5) is 4.81. The minimum absolute atomic E-state index is 0.516. The second kappa shape index (κ2) is 4.50. The van der Waals surface area contributed by atoms with Crippen molar-refractivity contribution in [1.82, 2.24) is 9.55 Å². The number of aromatic nitrogens is 2. The fraction of sp³-hybridized carbons (Fsp3) is 0.235. The summed E-state index contributed by atoms with van der Waals surface area (Å²) in [6, 6.07) is 12.5. The summed E-state index contributed by atoms with van der Waals surface area (Å²) in [5.41, 5.74) is 10.9. The lowest BCUT2D eigenvalue weighted by atomic mass is 10.1. The Morgan fingerprint density at radius 2 is 2.05 bits per heavy atom. The molecule has 0 radical (unpaired) electrons. The maximum absolute atomic E-state index is 6.41. The van der Waals surface area contributed by atoms with Gasteiger partial charge in [-0.25, -0.2) is 4.98 Å². The number of hydrogen-bond acceptors (Lipinski definition) is 2. The van der Waals surface area contributed by atoms with E-state index in [1.54, 1.807) is 0 Å². The Morgan fingerprint density at radius 1 is 1.24 bits per heavy atom. The zero-order chi connectivity index (χ0) is 14.6. The number of rotatable bonds is 2. The van der Waals surface area contributed by atoms with Crippen molar-refractivity contribution in [1.29, 1.82) is 0 Å². The average Bonchev–Trinajstić information content (AvgIpc) is 3.22. The van der Waals surface area contributed by atoms with Gasteiger partial charge in [-0.15, -0.1) is 0 Å². The van der Waals surface area contributed by atoms with E-state index in [1.807, 2.05) is 37.3 Å². The van der Waals surface area contributed by atoms with Crippen LogP contribution in [0.5, 0.6) is 0 Å². The summed E-state index contributed by atoms with van der Waals surface area (Å²) < 4.78 is 2.29. The van der Waals surface area contributed by atoms with Crippen LogP contribution in [0.2, 0.25) is 5.02 Å². The zero-order valence-electron chi connectivity index (χ0n) is 11.8.